The maximum Gasteiger partial charge on any atom is 0.417 e. The highest BCUT2D eigenvalue weighted by atomic mass is 35.5. The van der Waals surface area contributed by atoms with Gasteiger partial charge >= 0.3 is 12.2 Å². The van der Waals surface area contributed by atoms with E-state index in [-0.39, 0.29) is 18.2 Å². The summed E-state index contributed by atoms with van der Waals surface area (Å²) in [5.74, 6) is 0.156. The highest BCUT2D eigenvalue weighted by molar-refractivity contribution is 6.31. The van der Waals surface area contributed by atoms with E-state index in [4.69, 9.17) is 23.1 Å². The van der Waals surface area contributed by atoms with Crippen molar-refractivity contribution in [2.75, 3.05) is 10.6 Å². The van der Waals surface area contributed by atoms with E-state index >= 15 is 0 Å². The molecule has 2 amide bonds. The number of nitrogen functional groups attached to an aromatic ring is 1. The second-order valence-corrected chi connectivity index (χ2v) is 6.52. The van der Waals surface area contributed by atoms with Crippen molar-refractivity contribution in [2.24, 2.45) is 5.73 Å². The molecule has 0 atom stereocenters. The minimum Gasteiger partial charge on any atom is -0.368 e. The molecule has 0 saturated carbocycles. The SMILES string of the molecule is NC(=O)N(Cc1ccc(-c2cnc(N)nc2)cc1)c1ccc(Cl)c(C(F)(F)F)c1. The molecule has 4 N–H and O–H groups in total. The van der Waals surface area contributed by atoms with Gasteiger partial charge < -0.3 is 11.5 Å². The molecule has 10 heteroatoms. The molecule has 29 heavy (non-hydrogen) atoms. The number of nitrogens with zero attached hydrogens (tertiary/aromatic N) is 3. The van der Waals surface area contributed by atoms with Crippen molar-refractivity contribution in [3.05, 3.63) is 71.0 Å². The van der Waals surface area contributed by atoms with Gasteiger partial charge in [-0.3, -0.25) is 4.90 Å². The molecule has 0 aliphatic heterocycles. The van der Waals surface area contributed by atoms with Crippen LogP contribution in [0.4, 0.5) is 29.6 Å². The number of urea groups is 1. The molecular weight excluding hydrogens is 407 g/mol. The van der Waals surface area contributed by atoms with Gasteiger partial charge in [-0.05, 0) is 29.3 Å². The summed E-state index contributed by atoms with van der Waals surface area (Å²) in [6.45, 7) is -0.0211. The molecule has 1 heterocycles. The summed E-state index contributed by atoms with van der Waals surface area (Å²) in [6, 6.07) is 9.29. The molecule has 0 fully saturated rings. The van der Waals surface area contributed by atoms with E-state index in [1.165, 1.54) is 6.07 Å². The van der Waals surface area contributed by atoms with Crippen LogP contribution in [0.25, 0.3) is 11.1 Å². The Labute approximate surface area is 168 Å². The average Bonchev–Trinajstić information content (AvgIpc) is 2.67. The largest absolute Gasteiger partial charge is 0.417 e. The molecule has 3 aromatic rings. The van der Waals surface area contributed by atoms with Crippen LogP contribution in [0.2, 0.25) is 5.02 Å². The maximum atomic E-state index is 13.1. The van der Waals surface area contributed by atoms with E-state index in [9.17, 15) is 18.0 Å². The van der Waals surface area contributed by atoms with Crippen molar-refractivity contribution in [1.29, 1.82) is 0 Å². The smallest absolute Gasteiger partial charge is 0.368 e. The Bertz CT molecular complexity index is 1020. The summed E-state index contributed by atoms with van der Waals surface area (Å²) < 4.78 is 39.3. The van der Waals surface area contributed by atoms with Gasteiger partial charge in [0.2, 0.25) is 5.95 Å². The van der Waals surface area contributed by atoms with E-state index in [0.717, 1.165) is 28.2 Å². The van der Waals surface area contributed by atoms with Crippen molar-refractivity contribution in [2.45, 2.75) is 12.7 Å². The molecule has 3 rings (SSSR count). The van der Waals surface area contributed by atoms with Gasteiger partial charge in [0.25, 0.3) is 0 Å². The van der Waals surface area contributed by atoms with Crippen molar-refractivity contribution < 1.29 is 18.0 Å². The zero-order valence-electron chi connectivity index (χ0n) is 14.8. The number of alkyl halides is 3. The number of aromatic nitrogens is 2. The second-order valence-electron chi connectivity index (χ2n) is 6.11. The lowest BCUT2D eigenvalue weighted by Crippen LogP contribution is -2.35. The number of benzene rings is 2. The molecule has 0 aliphatic rings. The van der Waals surface area contributed by atoms with Crippen LogP contribution in [0.1, 0.15) is 11.1 Å². The highest BCUT2D eigenvalue weighted by Gasteiger charge is 2.34. The third-order valence-electron chi connectivity index (χ3n) is 4.13. The molecular formula is C19H15ClF3N5O. The van der Waals surface area contributed by atoms with Crippen LogP contribution in [-0.2, 0) is 12.7 Å². The summed E-state index contributed by atoms with van der Waals surface area (Å²) in [5, 5.41) is -0.458. The van der Waals surface area contributed by atoms with Crippen LogP contribution >= 0.6 is 11.6 Å². The van der Waals surface area contributed by atoms with Crippen molar-refractivity contribution in [3.63, 3.8) is 0 Å². The topological polar surface area (TPSA) is 98.1 Å². The van der Waals surface area contributed by atoms with Crippen molar-refractivity contribution in [3.8, 4) is 11.1 Å². The van der Waals surface area contributed by atoms with Crippen LogP contribution in [0.3, 0.4) is 0 Å². The van der Waals surface area contributed by atoms with Gasteiger partial charge in [-0.15, -0.1) is 0 Å². The normalized spacial score (nSPS) is 11.3. The Balaban J connectivity index is 1.86. The van der Waals surface area contributed by atoms with Gasteiger partial charge in [0, 0.05) is 23.6 Å². The second kappa shape index (κ2) is 7.96. The zero-order chi connectivity index (χ0) is 21.2. The minimum absolute atomic E-state index is 0.00904. The Kier molecular flexibility index (Phi) is 5.60. The molecule has 0 bridgehead atoms. The Hall–Kier alpha value is -3.33. The summed E-state index contributed by atoms with van der Waals surface area (Å²) in [7, 11) is 0. The number of rotatable bonds is 4. The molecule has 0 saturated heterocycles. The number of hydrogen-bond donors (Lipinski definition) is 2. The number of halogens is 4. The van der Waals surface area contributed by atoms with E-state index in [2.05, 4.69) is 9.97 Å². The first-order valence-corrected chi connectivity index (χ1v) is 8.63. The average molecular weight is 422 g/mol. The number of anilines is 2. The highest BCUT2D eigenvalue weighted by Crippen LogP contribution is 2.37. The molecule has 0 spiro atoms. The fourth-order valence-corrected chi connectivity index (χ4v) is 2.89. The first-order valence-electron chi connectivity index (χ1n) is 8.25. The van der Waals surface area contributed by atoms with Crippen LogP contribution < -0.4 is 16.4 Å². The lowest BCUT2D eigenvalue weighted by atomic mass is 10.1. The summed E-state index contributed by atoms with van der Waals surface area (Å²) in [4.78, 5) is 20.7. The molecule has 2 aromatic carbocycles. The molecule has 150 valence electrons. The number of carbonyl (C=O) groups is 1. The number of carbonyl (C=O) groups excluding carboxylic acids is 1. The predicted octanol–water partition coefficient (Wildman–Crippen LogP) is 4.48. The third kappa shape index (κ3) is 4.75. The standard InChI is InChI=1S/C19H15ClF3N5O/c20-16-6-5-14(7-15(16)19(21,22)23)28(18(25)29)10-11-1-3-12(4-2-11)13-8-26-17(24)27-9-13/h1-9H,10H2,(H2,25,29)(H2,24,26,27). The lowest BCUT2D eigenvalue weighted by Gasteiger charge is -2.22. The number of hydrogen-bond acceptors (Lipinski definition) is 4. The maximum absolute atomic E-state index is 13.1. The van der Waals surface area contributed by atoms with Crippen LogP contribution in [0.5, 0.6) is 0 Å². The van der Waals surface area contributed by atoms with Gasteiger partial charge in [0.1, 0.15) is 0 Å². The minimum atomic E-state index is -4.65. The molecule has 0 unspecified atom stereocenters. The summed E-state index contributed by atoms with van der Waals surface area (Å²) in [5.41, 5.74) is 12.0. The van der Waals surface area contributed by atoms with E-state index < -0.39 is 22.8 Å². The molecule has 0 radical (unpaired) electrons. The van der Waals surface area contributed by atoms with Gasteiger partial charge in [0.05, 0.1) is 17.1 Å². The van der Waals surface area contributed by atoms with E-state index in [1.54, 1.807) is 36.7 Å². The molecule has 6 nitrogen and oxygen atoms in total. The first kappa shape index (κ1) is 20.4. The number of primary amides is 1. The fraction of sp³-hybridized carbons (Fsp3) is 0.105. The van der Waals surface area contributed by atoms with Crippen molar-refractivity contribution >= 4 is 29.3 Å². The molecule has 0 aliphatic carbocycles. The van der Waals surface area contributed by atoms with Gasteiger partial charge in [-0.2, -0.15) is 13.2 Å². The monoisotopic (exact) mass is 421 g/mol. The van der Waals surface area contributed by atoms with Crippen LogP contribution in [0.15, 0.2) is 54.9 Å². The predicted molar refractivity (Wildman–Crippen MR) is 104 cm³/mol. The quantitative estimate of drug-likeness (QED) is 0.648. The van der Waals surface area contributed by atoms with E-state index in [0.29, 0.717) is 5.56 Å². The van der Waals surface area contributed by atoms with Crippen LogP contribution in [0, 0.1) is 0 Å². The number of amides is 2. The van der Waals surface area contributed by atoms with Crippen molar-refractivity contribution in [1.82, 2.24) is 9.97 Å². The third-order valence-corrected chi connectivity index (χ3v) is 4.46. The van der Waals surface area contributed by atoms with Gasteiger partial charge in [0.15, 0.2) is 0 Å². The van der Waals surface area contributed by atoms with Crippen LogP contribution in [-0.4, -0.2) is 16.0 Å². The fourth-order valence-electron chi connectivity index (χ4n) is 2.67. The lowest BCUT2D eigenvalue weighted by molar-refractivity contribution is -0.137. The zero-order valence-corrected chi connectivity index (χ0v) is 15.6. The van der Waals surface area contributed by atoms with Gasteiger partial charge in [-0.25, -0.2) is 14.8 Å². The summed E-state index contributed by atoms with van der Waals surface area (Å²) in [6.07, 6.45) is -1.52. The molecule has 1 aromatic heterocycles. The van der Waals surface area contributed by atoms with E-state index in [1.807, 2.05) is 0 Å². The Morgan fingerprint density at radius 2 is 1.66 bits per heavy atom. The Morgan fingerprint density at radius 3 is 2.21 bits per heavy atom. The Morgan fingerprint density at radius 1 is 1.03 bits per heavy atom. The first-order chi connectivity index (χ1) is 13.6. The summed E-state index contributed by atoms with van der Waals surface area (Å²) >= 11 is 5.64. The number of nitrogens with two attached hydrogens (primary N) is 2. The van der Waals surface area contributed by atoms with Gasteiger partial charge in [-0.1, -0.05) is 35.9 Å².